The van der Waals surface area contributed by atoms with Crippen molar-refractivity contribution in [3.05, 3.63) is 59.9 Å². The molecule has 1 N–H and O–H groups in total. The van der Waals surface area contributed by atoms with E-state index in [2.05, 4.69) is 20.6 Å². The molecule has 0 unspecified atom stereocenters. The van der Waals surface area contributed by atoms with Crippen molar-refractivity contribution in [1.82, 2.24) is 25.3 Å². The van der Waals surface area contributed by atoms with Crippen LogP contribution >= 0.6 is 0 Å². The van der Waals surface area contributed by atoms with E-state index in [0.29, 0.717) is 17.4 Å². The van der Waals surface area contributed by atoms with Crippen molar-refractivity contribution in [2.45, 2.75) is 19.4 Å². The van der Waals surface area contributed by atoms with Gasteiger partial charge in [0.25, 0.3) is 5.91 Å². The van der Waals surface area contributed by atoms with Gasteiger partial charge in [-0.15, -0.1) is 5.10 Å². The van der Waals surface area contributed by atoms with Crippen molar-refractivity contribution in [3.8, 4) is 17.1 Å². The van der Waals surface area contributed by atoms with Crippen LogP contribution in [-0.4, -0.2) is 32.4 Å². The number of carbonyl (C=O) groups excluding carboxylic acids is 1. The summed E-state index contributed by atoms with van der Waals surface area (Å²) in [7, 11) is 1.83. The summed E-state index contributed by atoms with van der Waals surface area (Å²) in [6.45, 7) is 1.03. The highest BCUT2D eigenvalue weighted by molar-refractivity contribution is 5.93. The first kappa shape index (κ1) is 17.2. The Labute approximate surface area is 157 Å². The molecule has 27 heavy (non-hydrogen) atoms. The highest BCUT2D eigenvalue weighted by Crippen LogP contribution is 2.27. The first-order valence-corrected chi connectivity index (χ1v) is 9.02. The Balaban J connectivity index is 1.40. The van der Waals surface area contributed by atoms with Crippen LogP contribution in [0.5, 0.6) is 5.88 Å². The molecule has 1 aliphatic carbocycles. The van der Waals surface area contributed by atoms with E-state index >= 15 is 0 Å². The van der Waals surface area contributed by atoms with Gasteiger partial charge in [-0.25, -0.2) is 9.67 Å². The predicted molar refractivity (Wildman–Crippen MR) is 100 cm³/mol. The number of benzene rings is 1. The first-order valence-electron chi connectivity index (χ1n) is 9.02. The molecule has 0 spiro atoms. The Kier molecular flexibility index (Phi) is 4.82. The largest absolute Gasteiger partial charge is 0.471 e. The van der Waals surface area contributed by atoms with Crippen LogP contribution in [0.15, 0.2) is 48.7 Å². The smallest absolute Gasteiger partial charge is 0.252 e. The van der Waals surface area contributed by atoms with Crippen LogP contribution in [0.4, 0.5) is 0 Å². The summed E-state index contributed by atoms with van der Waals surface area (Å²) in [5, 5.41) is 11.3. The second-order valence-electron chi connectivity index (χ2n) is 6.70. The fourth-order valence-electron chi connectivity index (χ4n) is 2.76. The molecule has 2 aromatic heterocycles. The molecular formula is C20H21N5O2. The summed E-state index contributed by atoms with van der Waals surface area (Å²) < 4.78 is 7.49. The number of carbonyl (C=O) groups is 1. The number of aromatic nitrogens is 4. The number of hydrogen-bond donors (Lipinski definition) is 1. The van der Waals surface area contributed by atoms with Gasteiger partial charge >= 0.3 is 0 Å². The number of ether oxygens (including phenoxy) is 1. The minimum atomic E-state index is -0.0943. The zero-order valence-corrected chi connectivity index (χ0v) is 15.1. The average molecular weight is 363 g/mol. The molecule has 0 saturated heterocycles. The van der Waals surface area contributed by atoms with Crippen molar-refractivity contribution >= 4 is 5.91 Å². The molecule has 4 rings (SSSR count). The van der Waals surface area contributed by atoms with Crippen LogP contribution in [-0.2, 0) is 13.7 Å². The molecule has 1 amide bonds. The van der Waals surface area contributed by atoms with Crippen molar-refractivity contribution < 1.29 is 9.53 Å². The summed E-state index contributed by atoms with van der Waals surface area (Å²) >= 11 is 0. The zero-order valence-electron chi connectivity index (χ0n) is 15.1. The quantitative estimate of drug-likeness (QED) is 0.698. The van der Waals surface area contributed by atoms with Gasteiger partial charge in [-0.1, -0.05) is 35.5 Å². The minimum absolute atomic E-state index is 0.0943. The standard InChI is InChI=1S/C20H21N5O2/c1-25-17(19(23-24-25)15-5-3-2-4-6-15)13-27-18-10-9-16(12-21-18)20(26)22-11-14-7-8-14/h2-6,9-10,12,14H,7-8,11,13H2,1H3,(H,22,26). The van der Waals surface area contributed by atoms with E-state index in [4.69, 9.17) is 4.74 Å². The molecule has 1 aromatic carbocycles. The van der Waals surface area contributed by atoms with Crippen LogP contribution < -0.4 is 10.1 Å². The third-order valence-corrected chi connectivity index (χ3v) is 4.59. The molecule has 1 saturated carbocycles. The van der Waals surface area contributed by atoms with Gasteiger partial charge in [0.05, 0.1) is 5.56 Å². The Bertz CT molecular complexity index is 917. The molecule has 1 aliphatic rings. The number of aryl methyl sites for hydroxylation is 1. The predicted octanol–water partition coefficient (Wildman–Crippen LogP) is 2.60. The van der Waals surface area contributed by atoms with Gasteiger partial charge in [0.1, 0.15) is 18.0 Å². The molecule has 2 heterocycles. The van der Waals surface area contributed by atoms with E-state index in [1.807, 2.05) is 37.4 Å². The van der Waals surface area contributed by atoms with E-state index in [0.717, 1.165) is 23.5 Å². The highest BCUT2D eigenvalue weighted by Gasteiger charge is 2.22. The molecule has 0 bridgehead atoms. The van der Waals surface area contributed by atoms with Crippen LogP contribution in [0, 0.1) is 5.92 Å². The normalized spacial score (nSPS) is 13.4. The molecule has 0 radical (unpaired) electrons. The van der Waals surface area contributed by atoms with Crippen molar-refractivity contribution in [3.63, 3.8) is 0 Å². The number of nitrogens with one attached hydrogen (secondary N) is 1. The summed E-state index contributed by atoms with van der Waals surface area (Å²) in [4.78, 5) is 16.3. The fraction of sp³-hybridized carbons (Fsp3) is 0.300. The van der Waals surface area contributed by atoms with Crippen molar-refractivity contribution in [2.24, 2.45) is 13.0 Å². The Morgan fingerprint density at radius 3 is 2.74 bits per heavy atom. The Morgan fingerprint density at radius 2 is 2.04 bits per heavy atom. The molecular weight excluding hydrogens is 342 g/mol. The minimum Gasteiger partial charge on any atom is -0.471 e. The van der Waals surface area contributed by atoms with Crippen LogP contribution in [0.25, 0.3) is 11.3 Å². The van der Waals surface area contributed by atoms with E-state index in [-0.39, 0.29) is 12.5 Å². The molecule has 1 fully saturated rings. The highest BCUT2D eigenvalue weighted by atomic mass is 16.5. The number of hydrogen-bond acceptors (Lipinski definition) is 5. The third-order valence-electron chi connectivity index (χ3n) is 4.59. The van der Waals surface area contributed by atoms with Gasteiger partial charge < -0.3 is 10.1 Å². The lowest BCUT2D eigenvalue weighted by Gasteiger charge is -2.08. The summed E-state index contributed by atoms with van der Waals surface area (Å²) in [6, 6.07) is 13.3. The zero-order chi connectivity index (χ0) is 18.6. The third kappa shape index (κ3) is 4.13. The lowest BCUT2D eigenvalue weighted by molar-refractivity contribution is 0.0951. The fourth-order valence-corrected chi connectivity index (χ4v) is 2.76. The van der Waals surface area contributed by atoms with Gasteiger partial charge in [0.15, 0.2) is 0 Å². The topological polar surface area (TPSA) is 81.9 Å². The van der Waals surface area contributed by atoms with Crippen molar-refractivity contribution in [1.29, 1.82) is 0 Å². The van der Waals surface area contributed by atoms with Gasteiger partial charge in [-0.05, 0) is 24.8 Å². The van der Waals surface area contributed by atoms with Gasteiger partial charge in [0.2, 0.25) is 5.88 Å². The van der Waals surface area contributed by atoms with Gasteiger partial charge in [-0.3, -0.25) is 4.79 Å². The molecule has 7 nitrogen and oxygen atoms in total. The summed E-state index contributed by atoms with van der Waals surface area (Å²) in [5.74, 6) is 1.01. The number of pyridine rings is 1. The SMILES string of the molecule is Cn1nnc(-c2ccccc2)c1COc1ccc(C(=O)NCC2CC2)cn1. The molecule has 138 valence electrons. The van der Waals surface area contributed by atoms with Crippen LogP contribution in [0.1, 0.15) is 28.9 Å². The Morgan fingerprint density at radius 1 is 1.22 bits per heavy atom. The maximum absolute atomic E-state index is 12.1. The summed E-state index contributed by atoms with van der Waals surface area (Å²) in [6.07, 6.45) is 3.95. The number of nitrogens with zero attached hydrogens (tertiary/aromatic N) is 4. The van der Waals surface area contributed by atoms with Crippen LogP contribution in [0.3, 0.4) is 0 Å². The lowest BCUT2D eigenvalue weighted by atomic mass is 10.1. The first-order chi connectivity index (χ1) is 13.2. The van der Waals surface area contributed by atoms with E-state index in [1.54, 1.807) is 16.8 Å². The van der Waals surface area contributed by atoms with E-state index in [1.165, 1.54) is 19.0 Å². The van der Waals surface area contributed by atoms with Gasteiger partial charge in [0, 0.05) is 31.4 Å². The second kappa shape index (κ2) is 7.57. The van der Waals surface area contributed by atoms with Gasteiger partial charge in [-0.2, -0.15) is 0 Å². The van der Waals surface area contributed by atoms with E-state index in [9.17, 15) is 4.79 Å². The van der Waals surface area contributed by atoms with E-state index < -0.39 is 0 Å². The van der Waals surface area contributed by atoms with Crippen molar-refractivity contribution in [2.75, 3.05) is 6.54 Å². The average Bonchev–Trinajstić information content (AvgIpc) is 3.47. The maximum atomic E-state index is 12.1. The second-order valence-corrected chi connectivity index (χ2v) is 6.70. The molecule has 7 heteroatoms. The summed E-state index contributed by atoms with van der Waals surface area (Å²) in [5.41, 5.74) is 3.17. The number of amides is 1. The lowest BCUT2D eigenvalue weighted by Crippen LogP contribution is -2.25. The van der Waals surface area contributed by atoms with Crippen LogP contribution in [0.2, 0.25) is 0 Å². The maximum Gasteiger partial charge on any atom is 0.252 e. The number of rotatable bonds is 7. The monoisotopic (exact) mass is 363 g/mol. The molecule has 0 atom stereocenters. The molecule has 0 aliphatic heterocycles. The molecule has 3 aromatic rings. The Hall–Kier alpha value is -3.22.